The Morgan fingerprint density at radius 1 is 1.29 bits per heavy atom. The lowest BCUT2D eigenvalue weighted by Gasteiger charge is -2.21. The number of nitrogens with zero attached hydrogens (tertiary/aromatic N) is 5. The lowest BCUT2D eigenvalue weighted by atomic mass is 10.1. The highest BCUT2D eigenvalue weighted by Gasteiger charge is 2.20. The number of carbonyl (C=O) groups is 1. The number of fused-ring (bicyclic) bond motifs is 1. The number of rotatable bonds is 7. The van der Waals surface area contributed by atoms with Gasteiger partial charge in [0.15, 0.2) is 5.65 Å². The summed E-state index contributed by atoms with van der Waals surface area (Å²) in [5.41, 5.74) is 8.04. The van der Waals surface area contributed by atoms with Crippen molar-refractivity contribution in [2.75, 3.05) is 12.3 Å². The van der Waals surface area contributed by atoms with Crippen LogP contribution in [0, 0.1) is 5.82 Å². The van der Waals surface area contributed by atoms with Crippen LogP contribution in [0.4, 0.5) is 10.2 Å². The molecule has 4 aromatic rings. The number of halogens is 3. The highest BCUT2D eigenvalue weighted by atomic mass is 79.9. The predicted octanol–water partition coefficient (Wildman–Crippen LogP) is 4.55. The fourth-order valence-electron chi connectivity index (χ4n) is 3.52. The molecule has 0 saturated heterocycles. The van der Waals surface area contributed by atoms with Crippen LogP contribution >= 0.6 is 27.5 Å². The molecule has 34 heavy (non-hydrogen) atoms. The topological polar surface area (TPSA) is 110 Å². The second kappa shape index (κ2) is 9.78. The number of aromatic nitrogens is 4. The summed E-state index contributed by atoms with van der Waals surface area (Å²) in [6.45, 7) is 4.48. The molecule has 0 radical (unpaired) electrons. The van der Waals surface area contributed by atoms with E-state index in [-0.39, 0.29) is 35.0 Å². The van der Waals surface area contributed by atoms with E-state index in [0.29, 0.717) is 33.9 Å². The normalized spacial score (nSPS) is 11.0. The minimum atomic E-state index is -0.654. The van der Waals surface area contributed by atoms with Crippen molar-refractivity contribution in [3.8, 4) is 17.0 Å². The highest BCUT2D eigenvalue weighted by Crippen LogP contribution is 2.36. The van der Waals surface area contributed by atoms with Crippen molar-refractivity contribution < 1.29 is 14.3 Å². The van der Waals surface area contributed by atoms with E-state index in [9.17, 15) is 14.3 Å². The fourth-order valence-corrected chi connectivity index (χ4v) is 3.88. The summed E-state index contributed by atoms with van der Waals surface area (Å²) in [5.74, 6) is -1.02. The fraction of sp³-hybridized carbons (Fsp3) is 0.130. The third-order valence-corrected chi connectivity index (χ3v) is 6.23. The molecule has 174 valence electrons. The molecule has 1 amide bonds. The van der Waals surface area contributed by atoms with E-state index in [1.165, 1.54) is 24.5 Å². The summed E-state index contributed by atoms with van der Waals surface area (Å²) in [7, 11) is 0. The summed E-state index contributed by atoms with van der Waals surface area (Å²) in [6.07, 6.45) is 2.55. The van der Waals surface area contributed by atoms with E-state index in [2.05, 4.69) is 37.6 Å². The van der Waals surface area contributed by atoms with E-state index in [1.807, 2.05) is 12.1 Å². The van der Waals surface area contributed by atoms with Gasteiger partial charge in [0.05, 0.1) is 16.4 Å². The summed E-state index contributed by atoms with van der Waals surface area (Å²) in [6, 6.07) is 9.81. The first-order chi connectivity index (χ1) is 16.3. The maximum atomic E-state index is 14.3. The number of anilines is 1. The third kappa shape index (κ3) is 4.73. The van der Waals surface area contributed by atoms with Gasteiger partial charge in [-0.3, -0.25) is 4.79 Å². The molecule has 0 unspecified atom stereocenters. The summed E-state index contributed by atoms with van der Waals surface area (Å²) < 4.78 is 15.8. The Morgan fingerprint density at radius 2 is 2.03 bits per heavy atom. The zero-order chi connectivity index (χ0) is 24.4. The molecule has 4 rings (SSSR count). The van der Waals surface area contributed by atoms with Crippen LogP contribution in [0.25, 0.3) is 22.3 Å². The van der Waals surface area contributed by atoms with Crippen LogP contribution in [0.5, 0.6) is 5.75 Å². The van der Waals surface area contributed by atoms with E-state index >= 15 is 0 Å². The van der Waals surface area contributed by atoms with E-state index < -0.39 is 5.82 Å². The Bertz CT molecular complexity index is 1370. The predicted molar refractivity (Wildman–Crippen MR) is 132 cm³/mol. The van der Waals surface area contributed by atoms with Crippen molar-refractivity contribution >= 4 is 50.3 Å². The van der Waals surface area contributed by atoms with Gasteiger partial charge in [-0.05, 0) is 51.8 Å². The molecule has 3 N–H and O–H groups in total. The van der Waals surface area contributed by atoms with Crippen molar-refractivity contribution in [1.29, 1.82) is 0 Å². The number of aromatic hydroxyl groups is 1. The van der Waals surface area contributed by atoms with Gasteiger partial charge >= 0.3 is 0 Å². The van der Waals surface area contributed by atoms with Gasteiger partial charge in [-0.25, -0.2) is 19.0 Å². The zero-order valence-electron chi connectivity index (χ0n) is 17.8. The minimum absolute atomic E-state index is 0.0509. The highest BCUT2D eigenvalue weighted by molar-refractivity contribution is 9.10. The van der Waals surface area contributed by atoms with Gasteiger partial charge in [0.2, 0.25) is 5.91 Å². The van der Waals surface area contributed by atoms with Crippen molar-refractivity contribution in [2.24, 2.45) is 0 Å². The number of carbonyl (C=O) groups excluding carboxylic acids is 1. The number of benzene rings is 2. The SMILES string of the molecule is C=CC(=O)N(CCn1nc(-c2cc(O)c(Br)c(F)c2)c2c(N)ncnc21)Cc1ccc(Cl)cc1. The molecule has 0 aliphatic rings. The monoisotopic (exact) mass is 544 g/mol. The number of hydrogen-bond donors (Lipinski definition) is 2. The molecule has 2 aromatic heterocycles. The van der Waals surface area contributed by atoms with Crippen molar-refractivity contribution in [2.45, 2.75) is 13.1 Å². The molecule has 0 bridgehead atoms. The van der Waals surface area contributed by atoms with E-state index in [1.54, 1.807) is 21.7 Å². The Balaban J connectivity index is 1.69. The number of phenols is 1. The van der Waals surface area contributed by atoms with Gasteiger partial charge in [0, 0.05) is 23.7 Å². The van der Waals surface area contributed by atoms with Gasteiger partial charge in [0.25, 0.3) is 0 Å². The molecule has 2 aromatic carbocycles. The summed E-state index contributed by atoms with van der Waals surface area (Å²) in [4.78, 5) is 22.4. The van der Waals surface area contributed by atoms with Crippen LogP contribution in [-0.2, 0) is 17.9 Å². The number of nitrogen functional groups attached to an aromatic ring is 1. The molecule has 0 aliphatic carbocycles. The first-order valence-electron chi connectivity index (χ1n) is 10.1. The van der Waals surface area contributed by atoms with E-state index in [0.717, 1.165) is 5.56 Å². The Hall–Kier alpha value is -3.50. The molecule has 2 heterocycles. The van der Waals surface area contributed by atoms with Crippen LogP contribution in [0.1, 0.15) is 5.56 Å². The molecule has 0 aliphatic heterocycles. The number of amides is 1. The molecule has 0 fully saturated rings. The van der Waals surface area contributed by atoms with Crippen molar-refractivity contribution in [3.05, 3.63) is 76.3 Å². The molecule has 0 saturated carbocycles. The minimum Gasteiger partial charge on any atom is -0.507 e. The van der Waals surface area contributed by atoms with Crippen molar-refractivity contribution in [3.63, 3.8) is 0 Å². The molecule has 11 heteroatoms. The largest absolute Gasteiger partial charge is 0.507 e. The van der Waals surface area contributed by atoms with Gasteiger partial charge < -0.3 is 15.7 Å². The lowest BCUT2D eigenvalue weighted by molar-refractivity contribution is -0.126. The Kier molecular flexibility index (Phi) is 6.80. The number of hydrogen-bond acceptors (Lipinski definition) is 6. The first kappa shape index (κ1) is 23.7. The molecule has 0 atom stereocenters. The lowest BCUT2D eigenvalue weighted by Crippen LogP contribution is -2.32. The van der Waals surface area contributed by atoms with Gasteiger partial charge in [-0.1, -0.05) is 30.3 Å². The first-order valence-corrected chi connectivity index (χ1v) is 11.3. The van der Waals surface area contributed by atoms with Gasteiger partial charge in [-0.15, -0.1) is 0 Å². The maximum absolute atomic E-state index is 14.3. The van der Waals surface area contributed by atoms with E-state index in [4.69, 9.17) is 17.3 Å². The Labute approximate surface area is 207 Å². The van der Waals surface area contributed by atoms with Gasteiger partial charge in [0.1, 0.15) is 29.4 Å². The summed E-state index contributed by atoms with van der Waals surface area (Å²) in [5, 5.41) is 15.7. The Morgan fingerprint density at radius 3 is 2.71 bits per heavy atom. The average molecular weight is 546 g/mol. The van der Waals surface area contributed by atoms with Crippen LogP contribution in [0.2, 0.25) is 5.02 Å². The molecule has 0 spiro atoms. The standard InChI is InChI=1S/C23H19BrClFN6O2/c1-2-18(34)31(11-13-3-5-15(25)6-4-13)7-8-32-23-19(22(27)28-12-29-23)21(30-32)14-9-16(26)20(24)17(33)10-14/h2-6,9-10,12,33H,1,7-8,11H2,(H2,27,28,29). The average Bonchev–Trinajstić information content (AvgIpc) is 3.20. The smallest absolute Gasteiger partial charge is 0.246 e. The molecule has 8 nitrogen and oxygen atoms in total. The number of phenolic OH excluding ortho intramolecular Hbond substituents is 1. The van der Waals surface area contributed by atoms with Crippen LogP contribution in [0.3, 0.4) is 0 Å². The third-order valence-electron chi connectivity index (χ3n) is 5.20. The zero-order valence-corrected chi connectivity index (χ0v) is 20.1. The number of nitrogens with two attached hydrogens (primary N) is 1. The van der Waals surface area contributed by atoms with Gasteiger partial charge in [-0.2, -0.15) is 5.10 Å². The van der Waals surface area contributed by atoms with Crippen molar-refractivity contribution in [1.82, 2.24) is 24.6 Å². The van der Waals surface area contributed by atoms with Crippen LogP contribution < -0.4 is 5.73 Å². The van der Waals surface area contributed by atoms with Crippen LogP contribution in [-0.4, -0.2) is 42.2 Å². The molecular formula is C23H19BrClFN6O2. The molecular weight excluding hydrogens is 527 g/mol. The second-order valence-corrected chi connectivity index (χ2v) is 8.64. The quantitative estimate of drug-likeness (QED) is 0.330. The maximum Gasteiger partial charge on any atom is 0.246 e. The second-order valence-electron chi connectivity index (χ2n) is 7.41. The summed E-state index contributed by atoms with van der Waals surface area (Å²) >= 11 is 8.95. The van der Waals surface area contributed by atoms with Crippen LogP contribution in [0.15, 0.2) is 59.9 Å².